The normalized spacial score (nSPS) is 15.2. The number of allylic oxidation sites excluding steroid dienone is 2. The van der Waals surface area contributed by atoms with Crippen molar-refractivity contribution in [3.05, 3.63) is 12.2 Å². The van der Waals surface area contributed by atoms with Gasteiger partial charge in [0.2, 0.25) is 0 Å². The summed E-state index contributed by atoms with van der Waals surface area (Å²) in [6, 6.07) is 0. The average Bonchev–Trinajstić information content (AvgIpc) is 3.45. The van der Waals surface area contributed by atoms with E-state index in [4.69, 9.17) is 9.47 Å². The number of aliphatic hydroxyl groups excluding tert-OH is 2. The third kappa shape index (κ3) is 47.1. The fourth-order valence-corrected chi connectivity index (χ4v) is 10.9. The Morgan fingerprint density at radius 3 is 0.861 bits per heavy atom. The molecular weight excluding hydrogens is 889 g/mol. The van der Waals surface area contributed by atoms with E-state index in [0.717, 1.165) is 19.3 Å². The number of rotatable bonds is 57. The van der Waals surface area contributed by atoms with Gasteiger partial charge in [-0.15, -0.1) is 0 Å². The Hall–Kier alpha value is -1.40. The van der Waals surface area contributed by atoms with E-state index in [1.54, 1.807) is 0 Å². The minimum atomic E-state index is -1.12. The first kappa shape index (κ1) is 68.6. The van der Waals surface area contributed by atoms with Crippen molar-refractivity contribution in [3.63, 3.8) is 0 Å². The maximum Gasteiger partial charge on any atom is 0.309 e. The first-order valence-corrected chi connectivity index (χ1v) is 32.8. The van der Waals surface area contributed by atoms with E-state index in [1.165, 1.54) is 321 Å². The van der Waals surface area contributed by atoms with E-state index in [0.29, 0.717) is 6.42 Å². The molecule has 1 heterocycles. The zero-order valence-corrected chi connectivity index (χ0v) is 48.5. The third-order valence-electron chi connectivity index (χ3n) is 16.3. The molecule has 1 rings (SSSR count). The van der Waals surface area contributed by atoms with Crippen LogP contribution < -0.4 is 0 Å². The van der Waals surface area contributed by atoms with Gasteiger partial charge in [-0.1, -0.05) is 334 Å². The Labute approximate surface area is 449 Å². The van der Waals surface area contributed by atoms with Gasteiger partial charge in [0.15, 0.2) is 0 Å². The maximum absolute atomic E-state index is 12.5. The van der Waals surface area contributed by atoms with Crippen molar-refractivity contribution >= 4 is 11.9 Å². The monoisotopic (exact) mass is 1010 g/mol. The van der Waals surface area contributed by atoms with Gasteiger partial charge in [0.25, 0.3) is 0 Å². The molecule has 0 saturated carbocycles. The lowest BCUT2D eigenvalue weighted by Gasteiger charge is -2.27. The molecule has 0 aromatic carbocycles. The number of esters is 2. The minimum absolute atomic E-state index is 0.00508. The second-order valence-electron chi connectivity index (χ2n) is 23.5. The molecule has 0 aliphatic carbocycles. The van der Waals surface area contributed by atoms with Gasteiger partial charge in [0, 0.05) is 0 Å². The van der Waals surface area contributed by atoms with Crippen molar-refractivity contribution in [3.8, 4) is 0 Å². The number of carbonyl (C=O) groups excluding carboxylic acids is 2. The zero-order valence-electron chi connectivity index (χ0n) is 48.5. The highest BCUT2D eigenvalue weighted by Crippen LogP contribution is 2.25. The number of hydrogen-bond donors (Lipinski definition) is 2. The Morgan fingerprint density at radius 2 is 0.597 bits per heavy atom. The van der Waals surface area contributed by atoms with Crippen molar-refractivity contribution in [1.82, 2.24) is 0 Å². The van der Waals surface area contributed by atoms with Crippen molar-refractivity contribution in [2.45, 2.75) is 360 Å². The van der Waals surface area contributed by atoms with Gasteiger partial charge in [-0.3, -0.25) is 9.59 Å². The third-order valence-corrected chi connectivity index (χ3v) is 16.3. The van der Waals surface area contributed by atoms with Crippen LogP contribution in [0.4, 0.5) is 0 Å². The number of ether oxygens (including phenoxy) is 2. The molecular formula is C66H126O6. The van der Waals surface area contributed by atoms with Crippen LogP contribution in [0.2, 0.25) is 0 Å². The van der Waals surface area contributed by atoms with E-state index in [2.05, 4.69) is 19.1 Å². The Kier molecular flexibility index (Phi) is 53.2. The summed E-state index contributed by atoms with van der Waals surface area (Å²) in [6.45, 7) is 1.21. The summed E-state index contributed by atoms with van der Waals surface area (Å²) in [7, 11) is 0. The summed E-state index contributed by atoms with van der Waals surface area (Å²) in [6.07, 6.45) is 80.1. The highest BCUT2D eigenvalue weighted by molar-refractivity contribution is 5.80. The van der Waals surface area contributed by atoms with Crippen LogP contribution in [0.15, 0.2) is 12.2 Å². The molecule has 0 aromatic rings. The number of unbranched alkanes of at least 4 members (excludes halogenated alkanes) is 51. The van der Waals surface area contributed by atoms with E-state index in [-0.39, 0.29) is 19.6 Å². The minimum Gasteiger partial charge on any atom is -0.465 e. The zero-order chi connectivity index (χ0) is 51.8. The summed E-state index contributed by atoms with van der Waals surface area (Å²) in [4.78, 5) is 24.7. The van der Waals surface area contributed by atoms with Gasteiger partial charge in [-0.2, -0.15) is 0 Å². The Bertz CT molecular complexity index is 1130. The smallest absolute Gasteiger partial charge is 0.309 e. The highest BCUT2D eigenvalue weighted by atomic mass is 16.6. The second kappa shape index (κ2) is 55.8. The first-order valence-electron chi connectivity index (χ1n) is 32.8. The van der Waals surface area contributed by atoms with Crippen molar-refractivity contribution in [2.75, 3.05) is 26.4 Å². The molecule has 72 heavy (non-hydrogen) atoms. The van der Waals surface area contributed by atoms with Crippen LogP contribution in [0, 0.1) is 11.3 Å². The standard InChI is InChI=1S/C66H126O6/c1-2-3-4-5-6-7-8-9-10-11-12-13-14-15-16-17-18-19-20-21-22-23-24-25-26-27-28-29-30-31-32-33-34-35-36-37-38-39-40-41-42-43-44-45-46-47-48-49-50-51-52-53-54-55-56-57-63-58-64(69)71-61-66(59-67,60-68)62-72-65(63)70/h15-16,63,67-68H,2-14,17-62H2,1H3/b16-15+. The molecule has 1 saturated heterocycles. The van der Waals surface area contributed by atoms with E-state index in [9.17, 15) is 19.8 Å². The molecule has 0 bridgehead atoms. The summed E-state index contributed by atoms with van der Waals surface area (Å²) in [5.41, 5.74) is -1.12. The van der Waals surface area contributed by atoms with Crippen LogP contribution >= 0.6 is 0 Å². The summed E-state index contributed by atoms with van der Waals surface area (Å²) < 4.78 is 10.6. The molecule has 1 atom stereocenters. The molecule has 0 spiro atoms. The number of aliphatic hydroxyl groups is 2. The lowest BCUT2D eigenvalue weighted by molar-refractivity contribution is -0.155. The van der Waals surface area contributed by atoms with Crippen LogP contribution in [0.1, 0.15) is 360 Å². The van der Waals surface area contributed by atoms with Gasteiger partial charge < -0.3 is 19.7 Å². The largest absolute Gasteiger partial charge is 0.465 e. The van der Waals surface area contributed by atoms with Gasteiger partial charge >= 0.3 is 11.9 Å². The van der Waals surface area contributed by atoms with Crippen molar-refractivity contribution in [2.24, 2.45) is 11.3 Å². The molecule has 6 nitrogen and oxygen atoms in total. The summed E-state index contributed by atoms with van der Waals surface area (Å²) in [5, 5.41) is 19.2. The maximum atomic E-state index is 12.5. The van der Waals surface area contributed by atoms with Crippen molar-refractivity contribution in [1.29, 1.82) is 0 Å². The Balaban J connectivity index is 1.67. The SMILES string of the molecule is CCCCCCCCCCCCCC/C=C/CCCCCCCCCCCCCCCCCCCCCCCCCCCCCCCCCCCCCCCCCC1CC(=O)OCC(CO)(CO)COC1=O. The fourth-order valence-electron chi connectivity index (χ4n) is 10.9. The predicted molar refractivity (Wildman–Crippen MR) is 311 cm³/mol. The quantitative estimate of drug-likeness (QED) is 0.0358. The molecule has 426 valence electrons. The van der Waals surface area contributed by atoms with Crippen LogP contribution in [-0.4, -0.2) is 48.6 Å². The van der Waals surface area contributed by atoms with Crippen molar-refractivity contribution < 1.29 is 29.3 Å². The van der Waals surface area contributed by atoms with E-state index >= 15 is 0 Å². The number of hydrogen-bond acceptors (Lipinski definition) is 6. The van der Waals surface area contributed by atoms with Crippen LogP contribution in [-0.2, 0) is 19.1 Å². The molecule has 1 aliphatic rings. The lowest BCUT2D eigenvalue weighted by atomic mass is 9.92. The fraction of sp³-hybridized carbons (Fsp3) is 0.939. The molecule has 0 amide bonds. The molecule has 0 aromatic heterocycles. The summed E-state index contributed by atoms with van der Waals surface area (Å²) >= 11 is 0. The van der Waals surface area contributed by atoms with Crippen LogP contribution in [0.5, 0.6) is 0 Å². The molecule has 1 aliphatic heterocycles. The van der Waals surface area contributed by atoms with Gasteiger partial charge in [-0.05, 0) is 32.1 Å². The molecule has 2 N–H and O–H groups in total. The highest BCUT2D eigenvalue weighted by Gasteiger charge is 2.36. The molecule has 0 radical (unpaired) electrons. The molecule has 1 fully saturated rings. The summed E-state index contributed by atoms with van der Waals surface area (Å²) in [5.74, 6) is -1.40. The van der Waals surface area contributed by atoms with E-state index < -0.39 is 36.5 Å². The topological polar surface area (TPSA) is 93.1 Å². The Morgan fingerprint density at radius 1 is 0.361 bits per heavy atom. The van der Waals surface area contributed by atoms with Gasteiger partial charge in [0.05, 0.1) is 31.0 Å². The van der Waals surface area contributed by atoms with Crippen LogP contribution in [0.3, 0.4) is 0 Å². The molecule has 1 unspecified atom stereocenters. The molecule has 6 heteroatoms. The van der Waals surface area contributed by atoms with Gasteiger partial charge in [-0.25, -0.2) is 0 Å². The van der Waals surface area contributed by atoms with E-state index in [1.807, 2.05) is 0 Å². The predicted octanol–water partition coefficient (Wildman–Crippen LogP) is 20.7. The lowest BCUT2D eigenvalue weighted by Crippen LogP contribution is -2.40. The second-order valence-corrected chi connectivity index (χ2v) is 23.5. The number of cyclic esters (lactones) is 2. The average molecular weight is 1020 g/mol. The first-order chi connectivity index (χ1) is 35.6. The van der Waals surface area contributed by atoms with Gasteiger partial charge in [0.1, 0.15) is 13.2 Å². The number of carbonyl (C=O) groups is 2. The van der Waals surface area contributed by atoms with Crippen LogP contribution in [0.25, 0.3) is 0 Å².